The summed E-state index contributed by atoms with van der Waals surface area (Å²) in [6.45, 7) is 6.13. The summed E-state index contributed by atoms with van der Waals surface area (Å²) in [6, 6.07) is 4.27. The summed E-state index contributed by atoms with van der Waals surface area (Å²) < 4.78 is 37.0. The molecule has 3 aromatic rings. The van der Waals surface area contributed by atoms with Crippen molar-refractivity contribution >= 4 is 17.3 Å². The number of rotatable bonds is 12. The van der Waals surface area contributed by atoms with Crippen LogP contribution in [-0.2, 0) is 6.54 Å². The average molecular weight is 516 g/mol. The summed E-state index contributed by atoms with van der Waals surface area (Å²) in [5, 5.41) is 11.9. The number of halogens is 2. The second kappa shape index (κ2) is 13.0. The number of pyridine rings is 1. The number of hydrogen-bond acceptors (Lipinski definition) is 8. The van der Waals surface area contributed by atoms with Crippen molar-refractivity contribution in [2.45, 2.75) is 39.7 Å². The van der Waals surface area contributed by atoms with E-state index in [-0.39, 0.29) is 35.3 Å². The maximum absolute atomic E-state index is 15.0. The molecule has 37 heavy (non-hydrogen) atoms. The number of unbranched alkanes of at least 4 members (excludes halogenated alkanes) is 1. The quantitative estimate of drug-likeness (QED) is 0.0946. The third kappa shape index (κ3) is 6.92. The highest BCUT2D eigenvalue weighted by atomic mass is 19.2. The van der Waals surface area contributed by atoms with Crippen LogP contribution in [0.5, 0.6) is 5.75 Å². The zero-order valence-electron chi connectivity index (χ0n) is 21.4. The van der Waals surface area contributed by atoms with Crippen LogP contribution < -0.4 is 32.5 Å². The van der Waals surface area contributed by atoms with Gasteiger partial charge in [0.15, 0.2) is 17.4 Å². The molecule has 0 spiro atoms. The number of benzene rings is 1. The van der Waals surface area contributed by atoms with Crippen molar-refractivity contribution in [2.24, 2.45) is 22.7 Å². The topological polar surface area (TPSA) is 146 Å². The number of nitrogens with two attached hydrogens (primary N) is 3. The number of hydrazine groups is 1. The molecule has 3 rings (SSSR count). The third-order valence-electron chi connectivity index (χ3n) is 5.78. The van der Waals surface area contributed by atoms with Gasteiger partial charge in [0.1, 0.15) is 5.82 Å². The zero-order chi connectivity index (χ0) is 26.9. The SMILES string of the molecule is CNCCCCOc1ccc(N(N)/C(=N\N)c2cc(-c3cnn(CCC(C)C)c3)cnc2N)c(F)c1F. The molecule has 0 fully saturated rings. The normalized spacial score (nSPS) is 11.8. The molecule has 200 valence electrons. The van der Waals surface area contributed by atoms with Crippen LogP contribution in [0.1, 0.15) is 38.7 Å². The maximum atomic E-state index is 15.0. The molecule has 0 bridgehead atoms. The largest absolute Gasteiger partial charge is 0.490 e. The van der Waals surface area contributed by atoms with E-state index < -0.39 is 11.6 Å². The number of ether oxygens (including phenoxy) is 1. The average Bonchev–Trinajstić information content (AvgIpc) is 3.35. The van der Waals surface area contributed by atoms with E-state index in [1.807, 2.05) is 17.9 Å². The monoisotopic (exact) mass is 515 g/mol. The van der Waals surface area contributed by atoms with Gasteiger partial charge in [-0.25, -0.2) is 15.2 Å². The van der Waals surface area contributed by atoms with Crippen LogP contribution in [0.4, 0.5) is 20.3 Å². The first-order valence-corrected chi connectivity index (χ1v) is 12.1. The Morgan fingerprint density at radius 3 is 2.68 bits per heavy atom. The predicted molar refractivity (Wildman–Crippen MR) is 142 cm³/mol. The van der Waals surface area contributed by atoms with E-state index in [9.17, 15) is 8.78 Å². The molecule has 10 nitrogen and oxygen atoms in total. The van der Waals surface area contributed by atoms with Gasteiger partial charge in [-0.1, -0.05) is 13.8 Å². The smallest absolute Gasteiger partial charge is 0.202 e. The van der Waals surface area contributed by atoms with Gasteiger partial charge >= 0.3 is 0 Å². The summed E-state index contributed by atoms with van der Waals surface area (Å²) >= 11 is 0. The molecule has 0 aliphatic carbocycles. The van der Waals surface area contributed by atoms with E-state index in [4.69, 9.17) is 22.2 Å². The lowest BCUT2D eigenvalue weighted by Crippen LogP contribution is -2.40. The predicted octanol–water partition coefficient (Wildman–Crippen LogP) is 3.23. The molecule has 7 N–H and O–H groups in total. The van der Waals surface area contributed by atoms with Crippen molar-refractivity contribution in [2.75, 3.05) is 30.9 Å². The number of aromatic nitrogens is 3. The fourth-order valence-electron chi connectivity index (χ4n) is 3.62. The van der Waals surface area contributed by atoms with Gasteiger partial charge in [0.2, 0.25) is 5.82 Å². The first-order chi connectivity index (χ1) is 17.8. The lowest BCUT2D eigenvalue weighted by molar-refractivity contribution is 0.286. The van der Waals surface area contributed by atoms with Crippen LogP contribution in [0.2, 0.25) is 0 Å². The van der Waals surface area contributed by atoms with E-state index >= 15 is 0 Å². The van der Waals surface area contributed by atoms with Gasteiger partial charge in [0, 0.05) is 30.1 Å². The maximum Gasteiger partial charge on any atom is 0.202 e. The van der Waals surface area contributed by atoms with Crippen LogP contribution >= 0.6 is 0 Å². The number of nitrogens with zero attached hydrogens (tertiary/aromatic N) is 5. The highest BCUT2D eigenvalue weighted by molar-refractivity contribution is 6.12. The van der Waals surface area contributed by atoms with E-state index in [1.54, 1.807) is 18.5 Å². The fraction of sp³-hybridized carbons (Fsp3) is 0.400. The van der Waals surface area contributed by atoms with Crippen molar-refractivity contribution in [3.8, 4) is 16.9 Å². The van der Waals surface area contributed by atoms with Gasteiger partial charge in [-0.2, -0.15) is 14.6 Å². The highest BCUT2D eigenvalue weighted by Crippen LogP contribution is 2.30. The van der Waals surface area contributed by atoms with E-state index in [2.05, 4.69) is 34.3 Å². The van der Waals surface area contributed by atoms with Crippen LogP contribution in [0.3, 0.4) is 0 Å². The number of anilines is 2. The molecular formula is C25H35F2N9O. The Morgan fingerprint density at radius 1 is 1.19 bits per heavy atom. The van der Waals surface area contributed by atoms with Gasteiger partial charge in [-0.15, -0.1) is 0 Å². The summed E-state index contributed by atoms with van der Waals surface area (Å²) in [5.41, 5.74) is 7.52. The zero-order valence-corrected chi connectivity index (χ0v) is 21.4. The molecule has 0 aliphatic heterocycles. The van der Waals surface area contributed by atoms with Crippen LogP contribution in [0.25, 0.3) is 11.1 Å². The summed E-state index contributed by atoms with van der Waals surface area (Å²) in [5.74, 6) is 9.72. The van der Waals surface area contributed by atoms with Gasteiger partial charge in [0.25, 0.3) is 0 Å². The first kappa shape index (κ1) is 27.8. The molecule has 0 aliphatic rings. The van der Waals surface area contributed by atoms with E-state index in [0.29, 0.717) is 17.9 Å². The second-order valence-electron chi connectivity index (χ2n) is 9.02. The standard InChI is InChI=1S/C25H35F2N9O/c1-16(2)8-10-35-15-18(14-33-35)17-12-19(24(28)32-13-17)25(34-29)36(30)20-6-7-21(23(27)22(20)26)37-11-5-4-9-31-3/h6-7,12-16,31H,4-5,8-11,29-30H2,1-3H3,(H2,28,32)/b34-25-. The molecule has 0 unspecified atom stereocenters. The fourth-order valence-corrected chi connectivity index (χ4v) is 3.62. The second-order valence-corrected chi connectivity index (χ2v) is 9.02. The number of hydrogen-bond donors (Lipinski definition) is 4. The van der Waals surface area contributed by atoms with E-state index in [0.717, 1.165) is 36.5 Å². The minimum Gasteiger partial charge on any atom is -0.490 e. The first-order valence-electron chi connectivity index (χ1n) is 12.1. The number of nitrogen functional groups attached to an aromatic ring is 1. The van der Waals surface area contributed by atoms with E-state index in [1.165, 1.54) is 12.1 Å². The van der Waals surface area contributed by atoms with Crippen molar-refractivity contribution in [1.82, 2.24) is 20.1 Å². The minimum atomic E-state index is -1.20. The number of hydrazone groups is 1. The third-order valence-corrected chi connectivity index (χ3v) is 5.78. The van der Waals surface area contributed by atoms with Crippen molar-refractivity contribution in [3.63, 3.8) is 0 Å². The Morgan fingerprint density at radius 2 is 1.97 bits per heavy atom. The lowest BCUT2D eigenvalue weighted by Gasteiger charge is -2.22. The van der Waals surface area contributed by atoms with Gasteiger partial charge in [-0.05, 0) is 57.0 Å². The highest BCUT2D eigenvalue weighted by Gasteiger charge is 2.23. The minimum absolute atomic E-state index is 0.0676. The molecular weight excluding hydrogens is 480 g/mol. The van der Waals surface area contributed by atoms with Crippen LogP contribution in [0.15, 0.2) is 41.9 Å². The lowest BCUT2D eigenvalue weighted by atomic mass is 10.1. The molecule has 12 heteroatoms. The molecule has 0 amide bonds. The molecule has 0 saturated carbocycles. The Labute approximate surface area is 215 Å². The molecule has 0 atom stereocenters. The van der Waals surface area contributed by atoms with Crippen molar-refractivity contribution in [3.05, 3.63) is 54.0 Å². The Bertz CT molecular complexity index is 1210. The summed E-state index contributed by atoms with van der Waals surface area (Å²) in [7, 11) is 1.84. The van der Waals surface area contributed by atoms with Crippen molar-refractivity contribution in [1.29, 1.82) is 0 Å². The number of nitrogens with one attached hydrogen (secondary N) is 1. The van der Waals surface area contributed by atoms with Gasteiger partial charge in [0.05, 0.1) is 24.1 Å². The molecule has 2 heterocycles. The summed E-state index contributed by atoms with van der Waals surface area (Å²) in [6.07, 6.45) is 7.71. The Kier molecular flexibility index (Phi) is 9.75. The van der Waals surface area contributed by atoms with Gasteiger partial charge in [-0.3, -0.25) is 9.69 Å². The summed E-state index contributed by atoms with van der Waals surface area (Å²) in [4.78, 5) is 4.22. The molecule has 2 aromatic heterocycles. The number of amidine groups is 1. The Balaban J connectivity index is 1.83. The van der Waals surface area contributed by atoms with Crippen LogP contribution in [0, 0.1) is 17.6 Å². The number of aryl methyl sites for hydroxylation is 1. The molecule has 0 radical (unpaired) electrons. The Hall–Kier alpha value is -3.77. The van der Waals surface area contributed by atoms with Crippen LogP contribution in [-0.4, -0.2) is 40.8 Å². The van der Waals surface area contributed by atoms with Crippen molar-refractivity contribution < 1.29 is 13.5 Å². The van der Waals surface area contributed by atoms with Gasteiger partial charge < -0.3 is 21.6 Å². The molecule has 1 aromatic carbocycles. The molecule has 0 saturated heterocycles.